The van der Waals surface area contributed by atoms with Crippen molar-refractivity contribution in [1.29, 1.82) is 0 Å². The molecular formula is C22H29N5O2. The fourth-order valence-electron chi connectivity index (χ4n) is 3.27. The van der Waals surface area contributed by atoms with E-state index in [9.17, 15) is 4.79 Å². The lowest BCUT2D eigenvalue weighted by molar-refractivity contribution is 0.0707. The van der Waals surface area contributed by atoms with E-state index in [-0.39, 0.29) is 11.9 Å². The van der Waals surface area contributed by atoms with E-state index in [0.717, 1.165) is 35.6 Å². The summed E-state index contributed by atoms with van der Waals surface area (Å²) in [4.78, 5) is 15.0. The van der Waals surface area contributed by atoms with Gasteiger partial charge in [0.1, 0.15) is 5.69 Å². The molecule has 7 heteroatoms. The Labute approximate surface area is 171 Å². The molecule has 0 saturated carbocycles. The largest absolute Gasteiger partial charge is 0.377 e. The second-order valence-electron chi connectivity index (χ2n) is 7.44. The van der Waals surface area contributed by atoms with Crippen LogP contribution in [-0.4, -0.2) is 38.3 Å². The number of aromatic nitrogens is 3. The quantitative estimate of drug-likeness (QED) is 0.617. The van der Waals surface area contributed by atoms with Gasteiger partial charge >= 0.3 is 0 Å². The Morgan fingerprint density at radius 3 is 2.72 bits per heavy atom. The number of aryl methyl sites for hydroxylation is 1. The van der Waals surface area contributed by atoms with E-state index in [0.29, 0.717) is 17.9 Å². The van der Waals surface area contributed by atoms with Crippen molar-refractivity contribution in [2.75, 3.05) is 11.9 Å². The molecule has 0 aliphatic heterocycles. The molecule has 3 rings (SSSR count). The van der Waals surface area contributed by atoms with Gasteiger partial charge in [-0.3, -0.25) is 9.48 Å². The van der Waals surface area contributed by atoms with Gasteiger partial charge in [-0.25, -0.2) is 0 Å². The van der Waals surface area contributed by atoms with Crippen molar-refractivity contribution >= 4 is 11.6 Å². The predicted octanol–water partition coefficient (Wildman–Crippen LogP) is 4.26. The SMILES string of the molecule is CCCN(C(=O)c1ccccc1NCc1cc(-c2cnn(C)c2C)no1)C(C)C. The fraction of sp³-hybridized carbons (Fsp3) is 0.409. The molecule has 0 spiro atoms. The van der Waals surface area contributed by atoms with Gasteiger partial charge in [0.15, 0.2) is 5.76 Å². The Morgan fingerprint density at radius 2 is 2.07 bits per heavy atom. The molecule has 0 unspecified atom stereocenters. The summed E-state index contributed by atoms with van der Waals surface area (Å²) in [6.45, 7) is 9.33. The van der Waals surface area contributed by atoms with Crippen LogP contribution in [-0.2, 0) is 13.6 Å². The highest BCUT2D eigenvalue weighted by molar-refractivity contribution is 5.99. The summed E-state index contributed by atoms with van der Waals surface area (Å²) in [7, 11) is 1.90. The van der Waals surface area contributed by atoms with E-state index < -0.39 is 0 Å². The minimum Gasteiger partial charge on any atom is -0.377 e. The van der Waals surface area contributed by atoms with Crippen LogP contribution in [0.5, 0.6) is 0 Å². The number of carbonyl (C=O) groups excluding carboxylic acids is 1. The second-order valence-corrected chi connectivity index (χ2v) is 7.44. The van der Waals surface area contributed by atoms with Crippen molar-refractivity contribution in [1.82, 2.24) is 19.8 Å². The number of nitrogens with one attached hydrogen (secondary N) is 1. The molecule has 2 heterocycles. The number of anilines is 1. The Bertz CT molecular complexity index is 973. The van der Waals surface area contributed by atoms with Gasteiger partial charge in [-0.2, -0.15) is 5.10 Å². The van der Waals surface area contributed by atoms with E-state index in [1.165, 1.54) is 0 Å². The maximum absolute atomic E-state index is 13.1. The molecular weight excluding hydrogens is 366 g/mol. The van der Waals surface area contributed by atoms with Crippen LogP contribution >= 0.6 is 0 Å². The second kappa shape index (κ2) is 8.94. The minimum atomic E-state index is 0.0363. The summed E-state index contributed by atoms with van der Waals surface area (Å²) in [5.74, 6) is 0.731. The van der Waals surface area contributed by atoms with Gasteiger partial charge in [-0.1, -0.05) is 24.2 Å². The van der Waals surface area contributed by atoms with E-state index >= 15 is 0 Å². The Balaban J connectivity index is 1.75. The zero-order valence-electron chi connectivity index (χ0n) is 17.8. The summed E-state index contributed by atoms with van der Waals surface area (Å²) in [6.07, 6.45) is 2.71. The molecule has 7 nitrogen and oxygen atoms in total. The van der Waals surface area contributed by atoms with E-state index in [4.69, 9.17) is 4.52 Å². The first kappa shape index (κ1) is 20.6. The number of rotatable bonds is 8. The third-order valence-electron chi connectivity index (χ3n) is 5.03. The van der Waals surface area contributed by atoms with Crippen LogP contribution in [0.4, 0.5) is 5.69 Å². The summed E-state index contributed by atoms with van der Waals surface area (Å²) >= 11 is 0. The molecule has 0 atom stereocenters. The third-order valence-corrected chi connectivity index (χ3v) is 5.03. The average molecular weight is 396 g/mol. The van der Waals surface area contributed by atoms with Crippen LogP contribution in [0.15, 0.2) is 41.1 Å². The fourth-order valence-corrected chi connectivity index (χ4v) is 3.27. The van der Waals surface area contributed by atoms with Gasteiger partial charge in [0.25, 0.3) is 5.91 Å². The van der Waals surface area contributed by atoms with Gasteiger partial charge in [0, 0.05) is 42.6 Å². The lowest BCUT2D eigenvalue weighted by Gasteiger charge is -2.27. The zero-order chi connectivity index (χ0) is 21.0. The number of benzene rings is 1. The van der Waals surface area contributed by atoms with Crippen LogP contribution in [0.2, 0.25) is 0 Å². The van der Waals surface area contributed by atoms with Crippen molar-refractivity contribution in [3.63, 3.8) is 0 Å². The molecule has 2 aromatic heterocycles. The summed E-state index contributed by atoms with van der Waals surface area (Å²) in [6, 6.07) is 9.64. The summed E-state index contributed by atoms with van der Waals surface area (Å²) in [5.41, 5.74) is 4.18. The van der Waals surface area contributed by atoms with Crippen LogP contribution in [0.25, 0.3) is 11.3 Å². The first-order valence-corrected chi connectivity index (χ1v) is 10.0. The van der Waals surface area contributed by atoms with E-state index in [2.05, 4.69) is 22.5 Å². The number of nitrogens with zero attached hydrogens (tertiary/aromatic N) is 4. The lowest BCUT2D eigenvalue weighted by Crippen LogP contribution is -2.37. The zero-order valence-corrected chi connectivity index (χ0v) is 17.8. The normalized spacial score (nSPS) is 11.1. The van der Waals surface area contributed by atoms with E-state index in [1.807, 2.05) is 63.1 Å². The summed E-state index contributed by atoms with van der Waals surface area (Å²) < 4.78 is 7.29. The monoisotopic (exact) mass is 395 g/mol. The Kier molecular flexibility index (Phi) is 6.36. The summed E-state index contributed by atoms with van der Waals surface area (Å²) in [5, 5.41) is 11.7. The molecule has 29 heavy (non-hydrogen) atoms. The van der Waals surface area contributed by atoms with Gasteiger partial charge in [-0.15, -0.1) is 0 Å². The molecule has 1 amide bonds. The molecule has 0 aliphatic rings. The molecule has 0 saturated heterocycles. The van der Waals surface area contributed by atoms with Gasteiger partial charge in [0.2, 0.25) is 0 Å². The highest BCUT2D eigenvalue weighted by Crippen LogP contribution is 2.24. The standard InChI is InChI=1S/C22H29N5O2/c1-6-11-27(15(2)3)22(28)18-9-7-8-10-20(18)23-13-17-12-21(25-29-17)19-14-24-26(5)16(19)4/h7-10,12,14-15,23H,6,11,13H2,1-5H3. The lowest BCUT2D eigenvalue weighted by atomic mass is 10.1. The minimum absolute atomic E-state index is 0.0363. The molecule has 3 aromatic rings. The third kappa shape index (κ3) is 4.50. The molecule has 1 aromatic carbocycles. The number of hydrogen-bond acceptors (Lipinski definition) is 5. The highest BCUT2D eigenvalue weighted by Gasteiger charge is 2.20. The molecule has 0 fully saturated rings. The molecule has 1 N–H and O–H groups in total. The van der Waals surface area contributed by atoms with Crippen molar-refractivity contribution in [2.24, 2.45) is 7.05 Å². The Morgan fingerprint density at radius 1 is 1.31 bits per heavy atom. The van der Waals surface area contributed by atoms with Crippen LogP contribution < -0.4 is 5.32 Å². The van der Waals surface area contributed by atoms with Crippen molar-refractivity contribution in [3.8, 4) is 11.3 Å². The number of carbonyl (C=O) groups is 1. The van der Waals surface area contributed by atoms with Crippen LogP contribution in [0, 0.1) is 6.92 Å². The maximum atomic E-state index is 13.1. The predicted molar refractivity (Wildman–Crippen MR) is 114 cm³/mol. The van der Waals surface area contributed by atoms with Crippen LogP contribution in [0.1, 0.15) is 49.0 Å². The first-order valence-electron chi connectivity index (χ1n) is 10.0. The number of amides is 1. The first-order chi connectivity index (χ1) is 13.9. The smallest absolute Gasteiger partial charge is 0.256 e. The van der Waals surface area contributed by atoms with Gasteiger partial charge in [-0.05, 0) is 39.3 Å². The Hall–Kier alpha value is -3.09. The number of para-hydroxylation sites is 1. The van der Waals surface area contributed by atoms with Crippen LogP contribution in [0.3, 0.4) is 0 Å². The molecule has 154 valence electrons. The van der Waals surface area contributed by atoms with Crippen molar-refractivity contribution in [3.05, 3.63) is 53.5 Å². The van der Waals surface area contributed by atoms with Gasteiger partial charge < -0.3 is 14.7 Å². The van der Waals surface area contributed by atoms with Crippen molar-refractivity contribution in [2.45, 2.75) is 46.7 Å². The van der Waals surface area contributed by atoms with Crippen molar-refractivity contribution < 1.29 is 9.32 Å². The molecule has 0 aliphatic carbocycles. The number of hydrogen-bond donors (Lipinski definition) is 1. The molecule has 0 bridgehead atoms. The highest BCUT2D eigenvalue weighted by atomic mass is 16.5. The maximum Gasteiger partial charge on any atom is 0.256 e. The van der Waals surface area contributed by atoms with E-state index in [1.54, 1.807) is 10.9 Å². The topological polar surface area (TPSA) is 76.2 Å². The molecule has 0 radical (unpaired) electrons. The van der Waals surface area contributed by atoms with Gasteiger partial charge in [0.05, 0.1) is 18.3 Å². The average Bonchev–Trinajstić information content (AvgIpc) is 3.31.